The van der Waals surface area contributed by atoms with Crippen LogP contribution >= 0.6 is 0 Å². The molecule has 8 aromatic rings. The van der Waals surface area contributed by atoms with E-state index >= 15 is 8.78 Å². The summed E-state index contributed by atoms with van der Waals surface area (Å²) >= 11 is 0. The third kappa shape index (κ3) is 8.74. The van der Waals surface area contributed by atoms with Crippen LogP contribution in [0.2, 0.25) is 0 Å². The van der Waals surface area contributed by atoms with Crippen molar-refractivity contribution in [2.24, 2.45) is 0 Å². The van der Waals surface area contributed by atoms with E-state index in [2.05, 4.69) is 42.1 Å². The van der Waals surface area contributed by atoms with E-state index in [1.807, 2.05) is 12.1 Å². The van der Waals surface area contributed by atoms with Crippen molar-refractivity contribution in [1.29, 1.82) is 0 Å². The van der Waals surface area contributed by atoms with Crippen LogP contribution in [0.5, 0.6) is 23.5 Å². The molecule has 4 aromatic heterocycles. The van der Waals surface area contributed by atoms with Gasteiger partial charge in [-0.1, -0.05) is 17.9 Å². The van der Waals surface area contributed by atoms with E-state index in [1.165, 1.54) is 6.07 Å². The lowest BCUT2D eigenvalue weighted by molar-refractivity contribution is 0.0848. The number of halogens is 3. The number of piperazine rings is 2. The Balaban J connectivity index is 0.746. The molecule has 16 rings (SSSR count). The Kier molecular flexibility index (Phi) is 12.4. The minimum atomic E-state index is -0.907. The number of anilines is 2. The topological polar surface area (TPSA) is 173 Å². The minimum Gasteiger partial charge on any atom is -0.508 e. The van der Waals surface area contributed by atoms with Crippen molar-refractivity contribution in [3.8, 4) is 70.5 Å². The molecule has 0 amide bonds. The third-order valence-electron chi connectivity index (χ3n) is 20.2. The van der Waals surface area contributed by atoms with E-state index in [0.29, 0.717) is 127 Å². The number of pyridine rings is 2. The van der Waals surface area contributed by atoms with Crippen LogP contribution in [0.1, 0.15) is 93.4 Å². The van der Waals surface area contributed by atoms with Crippen LogP contribution in [0.25, 0.3) is 65.9 Å². The van der Waals surface area contributed by atoms with Gasteiger partial charge >= 0.3 is 12.0 Å². The van der Waals surface area contributed by atoms with Gasteiger partial charge in [0, 0.05) is 104 Å². The van der Waals surface area contributed by atoms with Gasteiger partial charge in [-0.2, -0.15) is 19.9 Å². The van der Waals surface area contributed by atoms with Crippen LogP contribution in [0.4, 0.5) is 24.8 Å². The largest absolute Gasteiger partial charge is 0.508 e. The predicted molar refractivity (Wildman–Crippen MR) is 319 cm³/mol. The zero-order valence-electron chi connectivity index (χ0n) is 46.9. The molecule has 0 spiro atoms. The van der Waals surface area contributed by atoms with Crippen molar-refractivity contribution in [2.45, 2.75) is 118 Å². The summed E-state index contributed by atoms with van der Waals surface area (Å²) in [5.74, 6) is 5.42. The summed E-state index contributed by atoms with van der Waals surface area (Å²) in [6.45, 7) is 5.44. The normalized spacial score (nSPS) is 27.1. The fourth-order valence-electron chi connectivity index (χ4n) is 16.4. The molecule has 8 atom stereocenters. The first kappa shape index (κ1) is 52.5. The highest BCUT2D eigenvalue weighted by atomic mass is 19.1. The molecular weight excluding hydrogens is 1080 g/mol. The summed E-state index contributed by atoms with van der Waals surface area (Å²) in [7, 11) is 0. The maximum Gasteiger partial charge on any atom is 0.319 e. The zero-order chi connectivity index (χ0) is 57.5. The van der Waals surface area contributed by atoms with Gasteiger partial charge in [0.1, 0.15) is 53.6 Å². The average molecular weight is 1150 g/mol. The molecule has 8 aliphatic heterocycles. The van der Waals surface area contributed by atoms with Crippen LogP contribution in [0.3, 0.4) is 0 Å². The summed E-state index contributed by atoms with van der Waals surface area (Å²) in [5.41, 5.74) is 4.41. The van der Waals surface area contributed by atoms with Crippen molar-refractivity contribution in [3.05, 3.63) is 95.3 Å². The number of nitrogens with zero attached hydrogens (tertiary/aromatic N) is 10. The first-order valence-corrected chi connectivity index (χ1v) is 30.1. The molecule has 432 valence electrons. The SMILES string of the molecule is C#Cc1c(F)ccc2cc(O)cc(-c3cnc4c(N5CC6CCC(C5)N6)nc(OCC56CCCN5C(c5cc(F)c(C#C)c7c(-c8cnc9c(N%10CC%11CCC(C%10)N%11)nc(OCC%10%11CCCN%10C[C@H](F)C%11)nc9c8)cc(O)cc57)CC6)nc4c3)c12. The lowest BCUT2D eigenvalue weighted by atomic mass is 9.88. The number of ether oxygens (including phenoxy) is 2. The number of aromatic nitrogens is 6. The molecule has 4 N–H and O–H groups in total. The predicted octanol–water partition coefficient (Wildman–Crippen LogP) is 9.24. The second kappa shape index (κ2) is 20.0. The molecule has 12 heterocycles. The Morgan fingerprint density at radius 3 is 1.81 bits per heavy atom. The Labute approximate surface area is 489 Å². The Hall–Kier alpha value is -8.07. The number of terminal acetylenes is 2. The first-order chi connectivity index (χ1) is 41.4. The Morgan fingerprint density at radius 1 is 0.624 bits per heavy atom. The van der Waals surface area contributed by atoms with Gasteiger partial charge in [0.2, 0.25) is 0 Å². The quantitative estimate of drug-likeness (QED) is 0.0902. The van der Waals surface area contributed by atoms with Crippen LogP contribution in [0.15, 0.2) is 67.0 Å². The standard InChI is InChI=1S/C66H63F3N12O4/c1-3-46-52(68)12-7-36-19-44(82)22-48(57(36)46)37-20-54-59(70-27-37)61(78-30-40-8-9-41(31-78)72-40)76-63(74-54)84-34-65-14-6-18-81(65)56(13-16-65)50-25-53(69)47(4-2)58-49(23-45(83)24-51(50)58)38-21-55-60(71-28-38)62(79-32-42-10-11-43(33-79)73-42)77-64(75-55)85-35-66-15-5-17-80(66)29-39(67)26-66/h1-2,7,12,19-25,27-28,39-43,56,72-73,82-83H,5-6,8-11,13-18,26,29-35H2/t39-,40?,41?,42?,43?,56?,65?,66?/m1/s1. The fourth-order valence-corrected chi connectivity index (χ4v) is 16.4. The van der Waals surface area contributed by atoms with Crippen LogP contribution in [0, 0.1) is 36.3 Å². The van der Waals surface area contributed by atoms with Gasteiger partial charge in [-0.25, -0.2) is 13.2 Å². The molecule has 0 saturated carbocycles. The van der Waals surface area contributed by atoms with Gasteiger partial charge < -0.3 is 40.1 Å². The number of alkyl halides is 1. The number of phenols is 2. The molecule has 85 heavy (non-hydrogen) atoms. The van der Waals surface area contributed by atoms with Crippen molar-refractivity contribution >= 4 is 55.2 Å². The van der Waals surface area contributed by atoms with Crippen molar-refractivity contribution in [3.63, 3.8) is 0 Å². The summed E-state index contributed by atoms with van der Waals surface area (Å²) in [4.78, 5) is 39.4. The second-order valence-electron chi connectivity index (χ2n) is 25.2. The molecular formula is C66H63F3N12O4. The van der Waals surface area contributed by atoms with E-state index in [0.717, 1.165) is 97.1 Å². The number of aromatic hydroxyl groups is 2. The highest BCUT2D eigenvalue weighted by Crippen LogP contribution is 2.52. The Bertz CT molecular complexity index is 4170. The van der Waals surface area contributed by atoms with E-state index < -0.39 is 28.9 Å². The molecule has 0 radical (unpaired) electrons. The molecule has 0 aliphatic carbocycles. The van der Waals surface area contributed by atoms with Crippen LogP contribution in [-0.2, 0) is 0 Å². The number of rotatable bonds is 11. The van der Waals surface area contributed by atoms with Crippen molar-refractivity contribution < 1.29 is 32.9 Å². The molecule has 4 aromatic carbocycles. The lowest BCUT2D eigenvalue weighted by Crippen LogP contribution is -2.51. The summed E-state index contributed by atoms with van der Waals surface area (Å²) in [5, 5.41) is 32.3. The molecule has 8 fully saturated rings. The Morgan fingerprint density at radius 2 is 1.19 bits per heavy atom. The monoisotopic (exact) mass is 1140 g/mol. The number of hydrogen-bond donors (Lipinski definition) is 4. The maximum atomic E-state index is 17.1. The molecule has 7 unspecified atom stereocenters. The van der Waals surface area contributed by atoms with Crippen LogP contribution in [-0.4, -0.2) is 150 Å². The molecule has 8 saturated heterocycles. The number of hydrogen-bond acceptors (Lipinski definition) is 16. The smallest absolute Gasteiger partial charge is 0.319 e. The number of nitrogens with one attached hydrogen (secondary N) is 2. The van der Waals surface area contributed by atoms with Crippen LogP contribution < -0.4 is 29.9 Å². The van der Waals surface area contributed by atoms with Gasteiger partial charge in [-0.05, 0) is 153 Å². The summed E-state index contributed by atoms with van der Waals surface area (Å²) in [6.07, 6.45) is 24.3. The van der Waals surface area contributed by atoms with E-state index in [9.17, 15) is 14.6 Å². The van der Waals surface area contributed by atoms with E-state index in [1.54, 1.807) is 48.8 Å². The maximum absolute atomic E-state index is 17.1. The number of benzene rings is 4. The molecule has 19 heteroatoms. The molecule has 8 aliphatic rings. The second-order valence-corrected chi connectivity index (χ2v) is 25.2. The molecule has 4 bridgehead atoms. The van der Waals surface area contributed by atoms with Gasteiger partial charge in [-0.15, -0.1) is 12.8 Å². The average Bonchev–Trinajstić information content (AvgIpc) is 2.61. The summed E-state index contributed by atoms with van der Waals surface area (Å²) in [6, 6.07) is 16.0. The van der Waals surface area contributed by atoms with E-state index in [-0.39, 0.29) is 53.9 Å². The highest BCUT2D eigenvalue weighted by Gasteiger charge is 2.52. The highest BCUT2D eigenvalue weighted by molar-refractivity contribution is 6.05. The number of phenolic OH excluding ortho intramolecular Hbond substituents is 2. The van der Waals surface area contributed by atoms with E-state index in [4.69, 9.17) is 52.2 Å². The number of fused-ring (bicyclic) bond motifs is 10. The van der Waals surface area contributed by atoms with Crippen molar-refractivity contribution in [1.82, 2.24) is 50.3 Å². The first-order valence-electron chi connectivity index (χ1n) is 30.1. The fraction of sp³-hybridized carbons (Fsp3) is 0.424. The summed E-state index contributed by atoms with van der Waals surface area (Å²) < 4.78 is 60.6. The lowest BCUT2D eigenvalue weighted by Gasteiger charge is -2.36. The zero-order valence-corrected chi connectivity index (χ0v) is 46.9. The van der Waals surface area contributed by atoms with Gasteiger partial charge in [0.25, 0.3) is 0 Å². The van der Waals surface area contributed by atoms with Gasteiger partial charge in [0.05, 0.1) is 33.2 Å². The van der Waals surface area contributed by atoms with Gasteiger partial charge in [0.15, 0.2) is 11.6 Å². The molecule has 16 nitrogen and oxygen atoms in total. The minimum absolute atomic E-state index is 0.00426. The third-order valence-corrected chi connectivity index (χ3v) is 20.2. The van der Waals surface area contributed by atoms with Gasteiger partial charge in [-0.3, -0.25) is 19.8 Å². The van der Waals surface area contributed by atoms with Crippen molar-refractivity contribution in [2.75, 3.05) is 68.8 Å².